The molecule has 0 spiro atoms. The molecule has 2 amide bonds. The number of methoxy groups -OCH3 is 1. The highest BCUT2D eigenvalue weighted by Gasteiger charge is 2.12. The van der Waals surface area contributed by atoms with E-state index in [0.717, 1.165) is 43.1 Å². The summed E-state index contributed by atoms with van der Waals surface area (Å²) in [5.41, 5.74) is 3.57. The molecule has 0 saturated heterocycles. The van der Waals surface area contributed by atoms with Gasteiger partial charge in [0.15, 0.2) is 0 Å². The highest BCUT2D eigenvalue weighted by molar-refractivity contribution is 7.99. The van der Waals surface area contributed by atoms with Crippen LogP contribution in [-0.2, 0) is 17.6 Å². The summed E-state index contributed by atoms with van der Waals surface area (Å²) in [5, 5.41) is 5.94. The third-order valence-corrected chi connectivity index (χ3v) is 5.71. The third-order valence-electron chi connectivity index (χ3n) is 4.74. The Morgan fingerprint density at radius 2 is 2.07 bits per heavy atom. The fraction of sp³-hybridized carbons (Fsp3) is 0.409. The van der Waals surface area contributed by atoms with Gasteiger partial charge in [0, 0.05) is 30.7 Å². The fourth-order valence-electron chi connectivity index (χ4n) is 3.14. The molecule has 1 unspecified atom stereocenters. The Balaban J connectivity index is 1.40. The lowest BCUT2D eigenvalue weighted by Gasteiger charge is -2.15. The van der Waals surface area contributed by atoms with E-state index in [-0.39, 0.29) is 12.1 Å². The first kappa shape index (κ1) is 20.6. The number of rotatable bonds is 9. The van der Waals surface area contributed by atoms with Gasteiger partial charge in [0.2, 0.25) is 0 Å². The van der Waals surface area contributed by atoms with Crippen molar-refractivity contribution in [2.75, 3.05) is 32.6 Å². The zero-order valence-corrected chi connectivity index (χ0v) is 17.3. The van der Waals surface area contributed by atoms with Crippen LogP contribution in [-0.4, -0.2) is 38.7 Å². The van der Waals surface area contributed by atoms with Gasteiger partial charge in [-0.25, -0.2) is 4.79 Å². The second-order valence-corrected chi connectivity index (χ2v) is 7.99. The Kier molecular flexibility index (Phi) is 7.62. The van der Waals surface area contributed by atoms with E-state index in [9.17, 15) is 4.79 Å². The predicted octanol–water partition coefficient (Wildman–Crippen LogP) is 3.96. The van der Waals surface area contributed by atoms with Crippen LogP contribution in [0.5, 0.6) is 5.75 Å². The normalized spacial score (nSPS) is 13.5. The molecule has 0 fully saturated rings. The van der Waals surface area contributed by atoms with Crippen LogP contribution in [0, 0.1) is 0 Å². The molecule has 28 heavy (non-hydrogen) atoms. The van der Waals surface area contributed by atoms with Crippen molar-refractivity contribution in [3.8, 4) is 5.75 Å². The van der Waals surface area contributed by atoms with Gasteiger partial charge >= 0.3 is 6.03 Å². The Labute approximate surface area is 171 Å². The Bertz CT molecular complexity index is 780. The van der Waals surface area contributed by atoms with Crippen molar-refractivity contribution in [1.82, 2.24) is 10.6 Å². The summed E-state index contributed by atoms with van der Waals surface area (Å²) in [7, 11) is 1.71. The van der Waals surface area contributed by atoms with E-state index in [1.807, 2.05) is 13.0 Å². The molecule has 2 aromatic carbocycles. The first-order valence-corrected chi connectivity index (χ1v) is 10.6. The lowest BCUT2D eigenvalue weighted by molar-refractivity contribution is 0.218. The van der Waals surface area contributed by atoms with Gasteiger partial charge < -0.3 is 20.1 Å². The maximum absolute atomic E-state index is 12.2. The molecule has 1 heterocycles. The molecule has 6 heteroatoms. The summed E-state index contributed by atoms with van der Waals surface area (Å²) in [6.45, 7) is 4.11. The van der Waals surface area contributed by atoms with Crippen LogP contribution in [0.4, 0.5) is 4.79 Å². The van der Waals surface area contributed by atoms with Crippen molar-refractivity contribution in [3.05, 3.63) is 59.2 Å². The maximum Gasteiger partial charge on any atom is 0.315 e. The molecule has 2 N–H and O–H groups in total. The Hall–Kier alpha value is -2.18. The standard InChI is InChI=1S/C22H28N2O3S/c1-16(18-4-6-20(7-5-18)28-14-13-26-2)24-22(25)23-11-9-17-3-8-21-19(15-17)10-12-27-21/h3-8,15-16H,9-14H2,1-2H3,(H2,23,24,25). The van der Waals surface area contributed by atoms with E-state index in [1.54, 1.807) is 18.9 Å². The van der Waals surface area contributed by atoms with Crippen LogP contribution < -0.4 is 15.4 Å². The first-order chi connectivity index (χ1) is 13.7. The van der Waals surface area contributed by atoms with Crippen LogP contribution in [0.25, 0.3) is 0 Å². The van der Waals surface area contributed by atoms with Crippen LogP contribution in [0.15, 0.2) is 47.4 Å². The number of carbonyl (C=O) groups excluding carboxylic acids is 1. The van der Waals surface area contributed by atoms with Gasteiger partial charge in [-0.1, -0.05) is 24.3 Å². The van der Waals surface area contributed by atoms with Gasteiger partial charge in [-0.2, -0.15) is 0 Å². The highest BCUT2D eigenvalue weighted by atomic mass is 32.2. The molecular formula is C22H28N2O3S. The summed E-state index contributed by atoms with van der Waals surface area (Å²) >= 11 is 1.76. The van der Waals surface area contributed by atoms with Crippen LogP contribution in [0.1, 0.15) is 29.7 Å². The molecule has 150 valence electrons. The number of hydrogen-bond acceptors (Lipinski definition) is 4. The van der Waals surface area contributed by atoms with Crippen molar-refractivity contribution in [3.63, 3.8) is 0 Å². The Morgan fingerprint density at radius 1 is 1.25 bits per heavy atom. The van der Waals surface area contributed by atoms with Crippen LogP contribution >= 0.6 is 11.8 Å². The van der Waals surface area contributed by atoms with Crippen molar-refractivity contribution in [2.45, 2.75) is 30.7 Å². The molecule has 5 nitrogen and oxygen atoms in total. The summed E-state index contributed by atoms with van der Waals surface area (Å²) in [6.07, 6.45) is 1.78. The van der Waals surface area contributed by atoms with E-state index < -0.39 is 0 Å². The summed E-state index contributed by atoms with van der Waals surface area (Å²) in [4.78, 5) is 13.4. The van der Waals surface area contributed by atoms with Gasteiger partial charge in [-0.3, -0.25) is 0 Å². The lowest BCUT2D eigenvalue weighted by Crippen LogP contribution is -2.38. The molecule has 0 bridgehead atoms. The number of amides is 2. The maximum atomic E-state index is 12.2. The van der Waals surface area contributed by atoms with Gasteiger partial charge in [0.25, 0.3) is 0 Å². The van der Waals surface area contributed by atoms with Crippen LogP contribution in [0.2, 0.25) is 0 Å². The average molecular weight is 401 g/mol. The number of hydrogen-bond donors (Lipinski definition) is 2. The molecule has 3 rings (SSSR count). The number of thioether (sulfide) groups is 1. The second kappa shape index (κ2) is 10.4. The monoisotopic (exact) mass is 400 g/mol. The van der Waals surface area contributed by atoms with E-state index in [2.05, 4.69) is 47.0 Å². The first-order valence-electron chi connectivity index (χ1n) is 9.66. The number of ether oxygens (including phenoxy) is 2. The number of benzene rings is 2. The Morgan fingerprint density at radius 3 is 2.86 bits per heavy atom. The smallest absolute Gasteiger partial charge is 0.315 e. The number of urea groups is 1. The topological polar surface area (TPSA) is 59.6 Å². The van der Waals surface area contributed by atoms with E-state index in [0.29, 0.717) is 6.54 Å². The zero-order valence-electron chi connectivity index (χ0n) is 16.5. The van der Waals surface area contributed by atoms with E-state index in [4.69, 9.17) is 9.47 Å². The fourth-order valence-corrected chi connectivity index (χ4v) is 3.96. The SMILES string of the molecule is COCCSc1ccc(C(C)NC(=O)NCCc2ccc3c(c2)CCO3)cc1. The quantitative estimate of drug-likeness (QED) is 0.494. The van der Waals surface area contributed by atoms with E-state index >= 15 is 0 Å². The van der Waals surface area contributed by atoms with Crippen molar-refractivity contribution < 1.29 is 14.3 Å². The summed E-state index contributed by atoms with van der Waals surface area (Å²) in [6, 6.07) is 14.4. The van der Waals surface area contributed by atoms with Crippen LogP contribution in [0.3, 0.4) is 0 Å². The van der Waals surface area contributed by atoms with Crippen molar-refractivity contribution >= 4 is 17.8 Å². The molecule has 1 aliphatic heterocycles. The molecule has 0 aromatic heterocycles. The molecule has 1 atom stereocenters. The second-order valence-electron chi connectivity index (χ2n) is 6.82. The van der Waals surface area contributed by atoms with Crippen molar-refractivity contribution in [1.29, 1.82) is 0 Å². The molecular weight excluding hydrogens is 372 g/mol. The minimum atomic E-state index is -0.143. The van der Waals surface area contributed by atoms with Gasteiger partial charge in [-0.05, 0) is 48.2 Å². The largest absolute Gasteiger partial charge is 0.493 e. The average Bonchev–Trinajstić information content (AvgIpc) is 3.16. The molecule has 1 aliphatic rings. The summed E-state index contributed by atoms with van der Waals surface area (Å²) in [5.74, 6) is 1.93. The number of nitrogens with one attached hydrogen (secondary N) is 2. The number of fused-ring (bicyclic) bond motifs is 1. The third kappa shape index (κ3) is 5.91. The van der Waals surface area contributed by atoms with Crippen molar-refractivity contribution in [2.24, 2.45) is 0 Å². The van der Waals surface area contributed by atoms with Gasteiger partial charge in [-0.15, -0.1) is 11.8 Å². The predicted molar refractivity (Wildman–Crippen MR) is 113 cm³/mol. The lowest BCUT2D eigenvalue weighted by atomic mass is 10.1. The van der Waals surface area contributed by atoms with E-state index in [1.165, 1.54) is 16.0 Å². The highest BCUT2D eigenvalue weighted by Crippen LogP contribution is 2.26. The van der Waals surface area contributed by atoms with Gasteiger partial charge in [0.1, 0.15) is 5.75 Å². The molecule has 0 aliphatic carbocycles. The molecule has 0 saturated carbocycles. The molecule has 0 radical (unpaired) electrons. The number of carbonyl (C=O) groups is 1. The molecule has 2 aromatic rings. The minimum absolute atomic E-state index is 0.0461. The summed E-state index contributed by atoms with van der Waals surface area (Å²) < 4.78 is 10.6. The van der Waals surface area contributed by atoms with Gasteiger partial charge in [0.05, 0.1) is 19.3 Å². The zero-order chi connectivity index (χ0) is 19.8. The minimum Gasteiger partial charge on any atom is -0.493 e.